The van der Waals surface area contributed by atoms with Gasteiger partial charge in [-0.3, -0.25) is 25.0 Å². The van der Waals surface area contributed by atoms with Gasteiger partial charge < -0.3 is 15.0 Å². The summed E-state index contributed by atoms with van der Waals surface area (Å²) in [7, 11) is 0. The number of anilines is 2. The summed E-state index contributed by atoms with van der Waals surface area (Å²) in [6.45, 7) is 1.96. The molecule has 0 aliphatic carbocycles. The maximum Gasteiger partial charge on any atom is 0.293 e. The summed E-state index contributed by atoms with van der Waals surface area (Å²) in [6.07, 6.45) is 0. The SMILES string of the molecule is O=C(Nc1ccc(Cl)c([N+](=O)[O-])c1)c1ccc(N2CCOCC2)c([N+](=O)[O-])c1. The van der Waals surface area contributed by atoms with Gasteiger partial charge in [-0.15, -0.1) is 0 Å². The van der Waals surface area contributed by atoms with Crippen LogP contribution in [0, 0.1) is 20.2 Å². The van der Waals surface area contributed by atoms with Crippen LogP contribution in [-0.4, -0.2) is 42.1 Å². The van der Waals surface area contributed by atoms with Crippen LogP contribution in [0.2, 0.25) is 5.02 Å². The summed E-state index contributed by atoms with van der Waals surface area (Å²) in [5.41, 5.74) is 0.0686. The van der Waals surface area contributed by atoms with Gasteiger partial charge in [-0.2, -0.15) is 0 Å². The van der Waals surface area contributed by atoms with Crippen molar-refractivity contribution in [2.45, 2.75) is 0 Å². The van der Waals surface area contributed by atoms with Crippen LogP contribution in [0.4, 0.5) is 22.7 Å². The molecule has 146 valence electrons. The number of nitrogens with zero attached hydrogens (tertiary/aromatic N) is 3. The Morgan fingerprint density at radius 3 is 2.36 bits per heavy atom. The molecule has 0 unspecified atom stereocenters. The van der Waals surface area contributed by atoms with E-state index in [2.05, 4.69) is 5.32 Å². The minimum atomic E-state index is -0.667. The second-order valence-corrected chi connectivity index (χ2v) is 6.34. The molecule has 1 aliphatic heterocycles. The fourth-order valence-corrected chi connectivity index (χ4v) is 3.00. The van der Waals surface area contributed by atoms with Crippen LogP contribution in [-0.2, 0) is 4.74 Å². The van der Waals surface area contributed by atoms with Crippen LogP contribution >= 0.6 is 11.6 Å². The summed E-state index contributed by atoms with van der Waals surface area (Å²) in [4.78, 5) is 35.5. The smallest absolute Gasteiger partial charge is 0.293 e. The lowest BCUT2D eigenvalue weighted by Crippen LogP contribution is -2.36. The van der Waals surface area contributed by atoms with Gasteiger partial charge in [-0.25, -0.2) is 0 Å². The van der Waals surface area contributed by atoms with E-state index >= 15 is 0 Å². The standard InChI is InChI=1S/C17H15ClN4O6/c18-13-3-2-12(10-15(13)21(24)25)19-17(23)11-1-4-14(16(9-11)22(26)27)20-5-7-28-8-6-20/h1-4,9-10H,5-8H2,(H,19,23). The van der Waals surface area contributed by atoms with Gasteiger partial charge in [0.25, 0.3) is 17.3 Å². The average Bonchev–Trinajstić information content (AvgIpc) is 2.69. The molecule has 3 rings (SSSR count). The highest BCUT2D eigenvalue weighted by Gasteiger charge is 2.23. The zero-order valence-corrected chi connectivity index (χ0v) is 15.2. The molecule has 1 amide bonds. The number of rotatable bonds is 5. The summed E-state index contributed by atoms with van der Waals surface area (Å²) in [6, 6.07) is 7.99. The Morgan fingerprint density at radius 2 is 1.71 bits per heavy atom. The molecule has 2 aromatic rings. The number of morpholine rings is 1. The maximum absolute atomic E-state index is 12.5. The van der Waals surface area contributed by atoms with Crippen LogP contribution in [0.25, 0.3) is 0 Å². The highest BCUT2D eigenvalue weighted by molar-refractivity contribution is 6.32. The second-order valence-electron chi connectivity index (χ2n) is 5.94. The summed E-state index contributed by atoms with van der Waals surface area (Å²) in [5.74, 6) is -0.631. The summed E-state index contributed by atoms with van der Waals surface area (Å²) in [5, 5.41) is 24.9. The van der Waals surface area contributed by atoms with Crippen molar-refractivity contribution < 1.29 is 19.4 Å². The van der Waals surface area contributed by atoms with Crippen molar-refractivity contribution in [2.24, 2.45) is 0 Å². The number of nitrogens with one attached hydrogen (secondary N) is 1. The van der Waals surface area contributed by atoms with Gasteiger partial charge >= 0.3 is 0 Å². The summed E-state index contributed by atoms with van der Waals surface area (Å²) < 4.78 is 5.25. The quantitative estimate of drug-likeness (QED) is 0.596. The third-order valence-corrected chi connectivity index (χ3v) is 4.51. The number of halogens is 1. The Bertz CT molecular complexity index is 945. The molecule has 1 fully saturated rings. The molecular formula is C17H15ClN4O6. The fourth-order valence-electron chi connectivity index (χ4n) is 2.82. The van der Waals surface area contributed by atoms with Crippen LogP contribution < -0.4 is 10.2 Å². The first-order valence-electron chi connectivity index (χ1n) is 8.23. The maximum atomic E-state index is 12.5. The lowest BCUT2D eigenvalue weighted by molar-refractivity contribution is -0.384. The van der Waals surface area contributed by atoms with Crippen molar-refractivity contribution in [3.63, 3.8) is 0 Å². The monoisotopic (exact) mass is 406 g/mol. The third-order valence-electron chi connectivity index (χ3n) is 4.19. The van der Waals surface area contributed by atoms with Gasteiger partial charge in [0.1, 0.15) is 10.7 Å². The molecule has 28 heavy (non-hydrogen) atoms. The molecule has 0 bridgehead atoms. The van der Waals surface area contributed by atoms with E-state index in [0.717, 1.165) is 6.07 Å². The number of nitro benzene ring substituents is 2. The topological polar surface area (TPSA) is 128 Å². The average molecular weight is 407 g/mol. The number of carbonyl (C=O) groups excluding carboxylic acids is 1. The van der Waals surface area contributed by atoms with Crippen LogP contribution in [0.5, 0.6) is 0 Å². The minimum absolute atomic E-state index is 0.0568. The van der Waals surface area contributed by atoms with Crippen molar-refractivity contribution >= 4 is 40.3 Å². The van der Waals surface area contributed by atoms with E-state index in [1.165, 1.54) is 30.3 Å². The van der Waals surface area contributed by atoms with E-state index in [1.54, 1.807) is 0 Å². The summed E-state index contributed by atoms with van der Waals surface area (Å²) >= 11 is 5.75. The molecule has 2 aromatic carbocycles. The van der Waals surface area contributed by atoms with Crippen molar-refractivity contribution in [1.29, 1.82) is 0 Å². The number of hydrogen-bond donors (Lipinski definition) is 1. The van der Waals surface area contributed by atoms with Crippen LogP contribution in [0.15, 0.2) is 36.4 Å². The predicted octanol–water partition coefficient (Wildman–Crippen LogP) is 3.25. The van der Waals surface area contributed by atoms with Crippen molar-refractivity contribution in [3.8, 4) is 0 Å². The normalized spacial score (nSPS) is 13.8. The Morgan fingerprint density at radius 1 is 1.04 bits per heavy atom. The molecule has 0 atom stereocenters. The molecule has 0 saturated carbocycles. The number of carbonyl (C=O) groups is 1. The Kier molecular flexibility index (Phi) is 5.71. The van der Waals surface area contributed by atoms with E-state index in [0.29, 0.717) is 32.0 Å². The molecule has 0 aromatic heterocycles. The second kappa shape index (κ2) is 8.19. The van der Waals surface area contributed by atoms with Crippen molar-refractivity contribution in [1.82, 2.24) is 0 Å². The first-order valence-corrected chi connectivity index (χ1v) is 8.61. The molecule has 10 nitrogen and oxygen atoms in total. The number of hydrogen-bond acceptors (Lipinski definition) is 7. The lowest BCUT2D eigenvalue weighted by Gasteiger charge is -2.28. The van der Waals surface area contributed by atoms with E-state index < -0.39 is 15.8 Å². The molecule has 0 spiro atoms. The molecule has 1 aliphatic rings. The van der Waals surface area contributed by atoms with Gasteiger partial charge in [0.15, 0.2) is 0 Å². The Hall–Kier alpha value is -3.24. The largest absolute Gasteiger partial charge is 0.378 e. The predicted molar refractivity (Wildman–Crippen MR) is 102 cm³/mol. The van der Waals surface area contributed by atoms with E-state index in [-0.39, 0.29) is 27.6 Å². The Balaban J connectivity index is 1.86. The first kappa shape index (κ1) is 19.5. The van der Waals surface area contributed by atoms with E-state index in [1.807, 2.05) is 4.90 Å². The first-order chi connectivity index (χ1) is 13.4. The zero-order chi connectivity index (χ0) is 20.3. The van der Waals surface area contributed by atoms with Gasteiger partial charge in [0.05, 0.1) is 23.1 Å². The van der Waals surface area contributed by atoms with Gasteiger partial charge in [0.2, 0.25) is 0 Å². The number of benzene rings is 2. The molecule has 1 N–H and O–H groups in total. The minimum Gasteiger partial charge on any atom is -0.378 e. The van der Waals surface area contributed by atoms with Crippen LogP contribution in [0.3, 0.4) is 0 Å². The third kappa shape index (κ3) is 4.18. The van der Waals surface area contributed by atoms with Crippen molar-refractivity contribution in [2.75, 3.05) is 36.5 Å². The van der Waals surface area contributed by atoms with Gasteiger partial charge in [0, 0.05) is 36.5 Å². The molecular weight excluding hydrogens is 392 g/mol. The highest BCUT2D eigenvalue weighted by atomic mass is 35.5. The number of ether oxygens (including phenoxy) is 1. The number of amides is 1. The lowest BCUT2D eigenvalue weighted by atomic mass is 10.1. The zero-order valence-electron chi connectivity index (χ0n) is 14.5. The molecule has 11 heteroatoms. The number of nitro groups is 2. The van der Waals surface area contributed by atoms with Crippen molar-refractivity contribution in [3.05, 3.63) is 67.2 Å². The molecule has 0 radical (unpaired) electrons. The Labute approximate surface area is 164 Å². The highest BCUT2D eigenvalue weighted by Crippen LogP contribution is 2.31. The fraction of sp³-hybridized carbons (Fsp3) is 0.235. The molecule has 1 heterocycles. The van der Waals surface area contributed by atoms with E-state index in [9.17, 15) is 25.0 Å². The van der Waals surface area contributed by atoms with Gasteiger partial charge in [-0.05, 0) is 24.3 Å². The van der Waals surface area contributed by atoms with E-state index in [4.69, 9.17) is 16.3 Å². The molecule has 1 saturated heterocycles. The van der Waals surface area contributed by atoms with Gasteiger partial charge in [-0.1, -0.05) is 11.6 Å². The van der Waals surface area contributed by atoms with Crippen LogP contribution in [0.1, 0.15) is 10.4 Å².